The largest absolute Gasteiger partial charge is 0.325 e. The van der Waals surface area contributed by atoms with E-state index in [1.54, 1.807) is 19.1 Å². The molecule has 1 aliphatic heterocycles. The molecule has 1 N–H and O–H groups in total. The highest BCUT2D eigenvalue weighted by atomic mass is 79.9. The lowest BCUT2D eigenvalue weighted by atomic mass is 10.1. The Kier molecular flexibility index (Phi) is 3.21. The van der Waals surface area contributed by atoms with Crippen LogP contribution in [0.25, 0.3) is 0 Å². The van der Waals surface area contributed by atoms with Crippen molar-refractivity contribution in [2.24, 2.45) is 0 Å². The molecule has 5 nitrogen and oxygen atoms in total. The molecular formula is C12H11BrN2O3. The number of hydrogen-bond acceptors (Lipinski definition) is 3. The molecular weight excluding hydrogens is 300 g/mol. The first-order valence-corrected chi connectivity index (χ1v) is 6.24. The fourth-order valence-corrected chi connectivity index (χ4v) is 1.80. The molecule has 0 aliphatic carbocycles. The van der Waals surface area contributed by atoms with Crippen LogP contribution in [-0.2, 0) is 4.79 Å². The van der Waals surface area contributed by atoms with Crippen molar-refractivity contribution >= 4 is 39.3 Å². The van der Waals surface area contributed by atoms with Gasteiger partial charge in [-0.25, -0.2) is 0 Å². The number of nitrogens with one attached hydrogen (secondary N) is 1. The zero-order chi connectivity index (χ0) is 13.4. The van der Waals surface area contributed by atoms with E-state index >= 15 is 0 Å². The van der Waals surface area contributed by atoms with E-state index < -0.39 is 0 Å². The highest BCUT2D eigenvalue weighted by molar-refractivity contribution is 9.10. The maximum Gasteiger partial charge on any atom is 0.261 e. The molecule has 0 saturated heterocycles. The molecule has 0 aromatic heterocycles. The van der Waals surface area contributed by atoms with Crippen molar-refractivity contribution in [3.63, 3.8) is 0 Å². The van der Waals surface area contributed by atoms with E-state index in [0.717, 1.165) is 4.90 Å². The predicted octanol–water partition coefficient (Wildman–Crippen LogP) is 1.63. The Hall–Kier alpha value is -1.69. The number of hydrogen-bond donors (Lipinski definition) is 1. The Morgan fingerprint density at radius 1 is 1.28 bits per heavy atom. The average Bonchev–Trinajstić information content (AvgIpc) is 2.54. The van der Waals surface area contributed by atoms with Crippen molar-refractivity contribution in [3.05, 3.63) is 29.3 Å². The Morgan fingerprint density at radius 2 is 1.89 bits per heavy atom. The third-order valence-corrected chi connectivity index (χ3v) is 3.13. The Labute approximate surface area is 112 Å². The first kappa shape index (κ1) is 12.8. The van der Waals surface area contributed by atoms with Crippen LogP contribution >= 0.6 is 15.9 Å². The van der Waals surface area contributed by atoms with Crippen LogP contribution in [0.3, 0.4) is 0 Å². The third-order valence-electron chi connectivity index (χ3n) is 2.72. The number of benzene rings is 1. The highest BCUT2D eigenvalue weighted by Gasteiger charge is 2.32. The van der Waals surface area contributed by atoms with Crippen molar-refractivity contribution in [2.45, 2.75) is 11.8 Å². The quantitative estimate of drug-likeness (QED) is 0.667. The Bertz CT molecular complexity index is 554. The maximum absolute atomic E-state index is 11.8. The van der Waals surface area contributed by atoms with Crippen LogP contribution in [-0.4, -0.2) is 34.5 Å². The molecule has 1 aliphatic rings. The first-order valence-electron chi connectivity index (χ1n) is 5.33. The van der Waals surface area contributed by atoms with Gasteiger partial charge >= 0.3 is 0 Å². The number of carbonyl (C=O) groups is 3. The summed E-state index contributed by atoms with van der Waals surface area (Å²) >= 11 is 3.15. The van der Waals surface area contributed by atoms with Gasteiger partial charge in [-0.3, -0.25) is 19.3 Å². The van der Waals surface area contributed by atoms with Gasteiger partial charge in [0.1, 0.15) is 0 Å². The summed E-state index contributed by atoms with van der Waals surface area (Å²) in [7, 11) is 1.43. The topological polar surface area (TPSA) is 66.5 Å². The monoisotopic (exact) mass is 310 g/mol. The second-order valence-corrected chi connectivity index (χ2v) is 5.41. The minimum atomic E-state index is -0.349. The second-order valence-electron chi connectivity index (χ2n) is 4.03. The molecule has 2 rings (SSSR count). The number of halogens is 1. The van der Waals surface area contributed by atoms with Gasteiger partial charge in [0.15, 0.2) is 0 Å². The fraction of sp³-hybridized carbons (Fsp3) is 0.250. The minimum Gasteiger partial charge on any atom is -0.325 e. The SMILES string of the molecule is CC(Br)C(=O)Nc1ccc2c(c1)C(=O)N(C)C2=O. The lowest BCUT2D eigenvalue weighted by molar-refractivity contribution is -0.115. The third kappa shape index (κ3) is 2.03. The molecule has 3 amide bonds. The molecule has 1 heterocycles. The summed E-state index contributed by atoms with van der Waals surface area (Å²) in [5.74, 6) is -0.875. The van der Waals surface area contributed by atoms with Crippen molar-refractivity contribution in [1.82, 2.24) is 4.90 Å². The lowest BCUT2D eigenvalue weighted by Crippen LogP contribution is -2.24. The second kappa shape index (κ2) is 4.53. The Balaban J connectivity index is 2.32. The number of rotatable bonds is 2. The molecule has 1 aromatic rings. The van der Waals surface area contributed by atoms with Gasteiger partial charge in [0.25, 0.3) is 11.8 Å². The van der Waals surface area contributed by atoms with Gasteiger partial charge in [0, 0.05) is 12.7 Å². The minimum absolute atomic E-state index is 0.208. The van der Waals surface area contributed by atoms with E-state index in [0.29, 0.717) is 16.8 Å². The molecule has 0 spiro atoms. The van der Waals surface area contributed by atoms with Gasteiger partial charge in [-0.15, -0.1) is 0 Å². The highest BCUT2D eigenvalue weighted by Crippen LogP contribution is 2.24. The number of imide groups is 1. The molecule has 1 atom stereocenters. The van der Waals surface area contributed by atoms with Gasteiger partial charge < -0.3 is 5.32 Å². The van der Waals surface area contributed by atoms with Crippen LogP contribution in [0.4, 0.5) is 5.69 Å². The fourth-order valence-electron chi connectivity index (χ4n) is 1.68. The summed E-state index contributed by atoms with van der Waals surface area (Å²) in [5.41, 5.74) is 1.19. The molecule has 0 saturated carbocycles. The maximum atomic E-state index is 11.8. The zero-order valence-electron chi connectivity index (χ0n) is 9.86. The number of amides is 3. The number of anilines is 1. The number of nitrogens with zero attached hydrogens (tertiary/aromatic N) is 1. The predicted molar refractivity (Wildman–Crippen MR) is 69.9 cm³/mol. The average molecular weight is 311 g/mol. The van der Waals surface area contributed by atoms with E-state index in [1.807, 2.05) is 0 Å². The van der Waals surface area contributed by atoms with E-state index in [4.69, 9.17) is 0 Å². The van der Waals surface area contributed by atoms with Crippen molar-refractivity contribution in [1.29, 1.82) is 0 Å². The normalized spacial score (nSPS) is 15.6. The summed E-state index contributed by atoms with van der Waals surface area (Å²) in [4.78, 5) is 35.7. The number of alkyl halides is 1. The van der Waals surface area contributed by atoms with Crippen molar-refractivity contribution in [3.8, 4) is 0 Å². The molecule has 1 aromatic carbocycles. The summed E-state index contributed by atoms with van der Waals surface area (Å²) in [6.45, 7) is 1.70. The Morgan fingerprint density at radius 3 is 2.50 bits per heavy atom. The van der Waals surface area contributed by atoms with E-state index in [-0.39, 0.29) is 22.5 Å². The van der Waals surface area contributed by atoms with Crippen LogP contribution in [0.1, 0.15) is 27.6 Å². The summed E-state index contributed by atoms with van der Waals surface area (Å²) in [6.07, 6.45) is 0. The van der Waals surface area contributed by atoms with Crippen molar-refractivity contribution < 1.29 is 14.4 Å². The van der Waals surface area contributed by atoms with Crippen molar-refractivity contribution in [2.75, 3.05) is 12.4 Å². The van der Waals surface area contributed by atoms with Crippen LogP contribution in [0.2, 0.25) is 0 Å². The summed E-state index contributed by atoms with van der Waals surface area (Å²) in [6, 6.07) is 4.68. The van der Waals surface area contributed by atoms with E-state index in [2.05, 4.69) is 21.2 Å². The van der Waals surface area contributed by atoms with Gasteiger partial charge in [0.05, 0.1) is 16.0 Å². The smallest absolute Gasteiger partial charge is 0.261 e. The lowest BCUT2D eigenvalue weighted by Gasteiger charge is -2.07. The molecule has 1 unspecified atom stereocenters. The molecule has 0 bridgehead atoms. The summed E-state index contributed by atoms with van der Waals surface area (Å²) in [5, 5.41) is 2.65. The molecule has 94 valence electrons. The summed E-state index contributed by atoms with van der Waals surface area (Å²) < 4.78 is 0. The van der Waals surface area contributed by atoms with Crippen LogP contribution in [0.15, 0.2) is 18.2 Å². The zero-order valence-corrected chi connectivity index (χ0v) is 11.4. The molecule has 6 heteroatoms. The van der Waals surface area contributed by atoms with Gasteiger partial charge in [-0.05, 0) is 25.1 Å². The molecule has 0 radical (unpaired) electrons. The first-order chi connectivity index (χ1) is 8.41. The number of fused-ring (bicyclic) bond motifs is 1. The van der Waals surface area contributed by atoms with Gasteiger partial charge in [-0.1, -0.05) is 15.9 Å². The van der Waals surface area contributed by atoms with Gasteiger partial charge in [0.2, 0.25) is 5.91 Å². The number of carbonyl (C=O) groups excluding carboxylic acids is 3. The van der Waals surface area contributed by atoms with E-state index in [1.165, 1.54) is 13.1 Å². The van der Waals surface area contributed by atoms with Crippen LogP contribution in [0, 0.1) is 0 Å². The van der Waals surface area contributed by atoms with E-state index in [9.17, 15) is 14.4 Å². The standard InChI is InChI=1S/C12H11BrN2O3/c1-6(13)10(16)14-7-3-4-8-9(5-7)12(18)15(2)11(8)17/h3-6H,1-2H3,(H,14,16). The van der Waals surface area contributed by atoms with Gasteiger partial charge in [-0.2, -0.15) is 0 Å². The molecule has 0 fully saturated rings. The molecule has 18 heavy (non-hydrogen) atoms. The van der Waals surface area contributed by atoms with Crippen LogP contribution < -0.4 is 5.32 Å². The van der Waals surface area contributed by atoms with Crippen LogP contribution in [0.5, 0.6) is 0 Å².